The maximum atomic E-state index is 12.0. The number of nitrogens with one attached hydrogen (secondary N) is 3. The molecule has 0 spiro atoms. The van der Waals surface area contributed by atoms with Gasteiger partial charge in [0.05, 0.1) is 0 Å². The van der Waals surface area contributed by atoms with Crippen LogP contribution in [-0.4, -0.2) is 36.1 Å². The molecule has 22 heavy (non-hydrogen) atoms. The summed E-state index contributed by atoms with van der Waals surface area (Å²) in [4.78, 5) is 27.0. The number of anilines is 1. The van der Waals surface area contributed by atoms with E-state index in [1.807, 2.05) is 7.05 Å². The van der Waals surface area contributed by atoms with Crippen LogP contribution in [0.15, 0.2) is 18.2 Å². The molecule has 0 atom stereocenters. The zero-order valence-electron chi connectivity index (χ0n) is 12.8. The van der Waals surface area contributed by atoms with E-state index in [2.05, 4.69) is 20.9 Å². The van der Waals surface area contributed by atoms with Crippen molar-refractivity contribution in [2.24, 2.45) is 5.73 Å². The molecule has 1 saturated carbocycles. The fourth-order valence-electron chi connectivity index (χ4n) is 2.80. The van der Waals surface area contributed by atoms with Crippen LogP contribution in [0.4, 0.5) is 10.6 Å². The Bertz CT molecular complexity index is 540. The first-order valence-electron chi connectivity index (χ1n) is 7.55. The predicted molar refractivity (Wildman–Crippen MR) is 84.7 cm³/mol. The molecular formula is C15H23N5O2. The Morgan fingerprint density at radius 3 is 2.64 bits per heavy atom. The molecule has 5 N–H and O–H groups in total. The minimum Gasteiger partial charge on any atom is -0.364 e. The second kappa shape index (κ2) is 7.22. The van der Waals surface area contributed by atoms with E-state index in [0.717, 1.165) is 12.8 Å². The van der Waals surface area contributed by atoms with Crippen molar-refractivity contribution in [2.75, 3.05) is 18.9 Å². The zero-order chi connectivity index (χ0) is 16.0. The molecule has 1 heterocycles. The number of urea groups is 1. The molecule has 1 fully saturated rings. The highest BCUT2D eigenvalue weighted by atomic mass is 16.2. The first-order chi connectivity index (χ1) is 10.5. The van der Waals surface area contributed by atoms with Crippen molar-refractivity contribution < 1.29 is 9.59 Å². The molecule has 1 aliphatic carbocycles. The van der Waals surface area contributed by atoms with Crippen LogP contribution in [0.25, 0.3) is 0 Å². The Balaban J connectivity index is 1.90. The van der Waals surface area contributed by atoms with E-state index in [1.165, 1.54) is 25.3 Å². The second-order valence-corrected chi connectivity index (χ2v) is 5.67. The molecule has 7 nitrogen and oxygen atoms in total. The van der Waals surface area contributed by atoms with Crippen molar-refractivity contribution in [3.8, 4) is 0 Å². The minimum absolute atomic E-state index is 0.0297. The third kappa shape index (κ3) is 4.17. The summed E-state index contributed by atoms with van der Waals surface area (Å²) >= 11 is 0. The molecule has 0 unspecified atom stereocenters. The molecule has 0 radical (unpaired) electrons. The van der Waals surface area contributed by atoms with Gasteiger partial charge in [-0.05, 0) is 32.0 Å². The van der Waals surface area contributed by atoms with Gasteiger partial charge in [-0.25, -0.2) is 9.78 Å². The van der Waals surface area contributed by atoms with E-state index in [1.54, 1.807) is 12.1 Å². The normalized spacial score (nSPS) is 16.8. The summed E-state index contributed by atoms with van der Waals surface area (Å²) in [7, 11) is 1.93. The van der Waals surface area contributed by atoms with Crippen LogP contribution < -0.4 is 21.7 Å². The summed E-state index contributed by atoms with van der Waals surface area (Å²) in [6, 6.07) is 4.40. The van der Waals surface area contributed by atoms with Crippen molar-refractivity contribution in [1.29, 1.82) is 0 Å². The smallest absolute Gasteiger partial charge is 0.320 e. The predicted octanol–water partition coefficient (Wildman–Crippen LogP) is 1.22. The quantitative estimate of drug-likeness (QED) is 0.656. The molecule has 0 aromatic carbocycles. The molecule has 0 aliphatic heterocycles. The van der Waals surface area contributed by atoms with Gasteiger partial charge in [0.25, 0.3) is 5.91 Å². The van der Waals surface area contributed by atoms with Gasteiger partial charge >= 0.3 is 6.03 Å². The van der Waals surface area contributed by atoms with Crippen LogP contribution in [0.2, 0.25) is 0 Å². The third-order valence-electron chi connectivity index (χ3n) is 4.17. The number of carbonyl (C=O) groups is 2. The number of nitrogens with two attached hydrogens (primary N) is 1. The van der Waals surface area contributed by atoms with Crippen molar-refractivity contribution >= 4 is 17.8 Å². The third-order valence-corrected chi connectivity index (χ3v) is 4.17. The standard InChI is InChI=1S/C15H23N5O2/c1-17-15(8-3-2-4-9-15)10-18-14(22)20-12-7-5-6-11(19-12)13(16)21/h5-7,17H,2-4,8-10H2,1H3,(H2,16,21)(H2,18,19,20,22). The number of carbonyl (C=O) groups excluding carboxylic acids is 2. The monoisotopic (exact) mass is 305 g/mol. The number of likely N-dealkylation sites (N-methyl/N-ethyl adjacent to an activating group) is 1. The average Bonchev–Trinajstić information content (AvgIpc) is 2.54. The molecule has 120 valence electrons. The minimum atomic E-state index is -0.625. The summed E-state index contributed by atoms with van der Waals surface area (Å²) < 4.78 is 0. The Labute approximate surface area is 130 Å². The van der Waals surface area contributed by atoms with Crippen molar-refractivity contribution in [1.82, 2.24) is 15.6 Å². The number of aromatic nitrogens is 1. The number of pyridine rings is 1. The van der Waals surface area contributed by atoms with Gasteiger partial charge in [-0.3, -0.25) is 10.1 Å². The first kappa shape index (κ1) is 16.2. The topological polar surface area (TPSA) is 109 Å². The van der Waals surface area contributed by atoms with E-state index in [4.69, 9.17) is 5.73 Å². The van der Waals surface area contributed by atoms with Crippen LogP contribution >= 0.6 is 0 Å². The van der Waals surface area contributed by atoms with Gasteiger partial charge < -0.3 is 16.4 Å². The highest BCUT2D eigenvalue weighted by Crippen LogP contribution is 2.27. The number of nitrogens with zero attached hydrogens (tertiary/aromatic N) is 1. The lowest BCUT2D eigenvalue weighted by molar-refractivity contribution is 0.0995. The van der Waals surface area contributed by atoms with E-state index in [9.17, 15) is 9.59 Å². The highest BCUT2D eigenvalue weighted by Gasteiger charge is 2.30. The molecule has 1 aromatic rings. The molecule has 7 heteroatoms. The first-order valence-corrected chi connectivity index (χ1v) is 7.55. The number of rotatable bonds is 5. The highest BCUT2D eigenvalue weighted by molar-refractivity contribution is 5.92. The summed E-state index contributed by atoms with van der Waals surface area (Å²) in [6.45, 7) is 0.560. The van der Waals surface area contributed by atoms with Gasteiger partial charge in [0.1, 0.15) is 11.5 Å². The summed E-state index contributed by atoms with van der Waals surface area (Å²) in [5.41, 5.74) is 5.26. The largest absolute Gasteiger partial charge is 0.364 e. The summed E-state index contributed by atoms with van der Waals surface area (Å²) in [6.07, 6.45) is 5.70. The SMILES string of the molecule is CNC1(CNC(=O)Nc2cccc(C(N)=O)n2)CCCCC1. The number of hydrogen-bond acceptors (Lipinski definition) is 4. The molecule has 1 aliphatic rings. The zero-order valence-corrected chi connectivity index (χ0v) is 12.8. The van der Waals surface area contributed by atoms with Crippen LogP contribution in [0.1, 0.15) is 42.6 Å². The van der Waals surface area contributed by atoms with Crippen LogP contribution in [0.5, 0.6) is 0 Å². The van der Waals surface area contributed by atoms with Gasteiger partial charge in [0, 0.05) is 12.1 Å². The van der Waals surface area contributed by atoms with E-state index in [-0.39, 0.29) is 17.3 Å². The fourth-order valence-corrected chi connectivity index (χ4v) is 2.80. The lowest BCUT2D eigenvalue weighted by atomic mass is 9.82. The Morgan fingerprint density at radius 2 is 2.00 bits per heavy atom. The van der Waals surface area contributed by atoms with Crippen LogP contribution in [-0.2, 0) is 0 Å². The van der Waals surface area contributed by atoms with E-state index < -0.39 is 5.91 Å². The van der Waals surface area contributed by atoms with Crippen molar-refractivity contribution in [3.05, 3.63) is 23.9 Å². The Morgan fingerprint density at radius 1 is 1.27 bits per heavy atom. The molecule has 2 rings (SSSR count). The number of hydrogen-bond donors (Lipinski definition) is 4. The summed E-state index contributed by atoms with van der Waals surface area (Å²) in [5, 5.41) is 8.84. The van der Waals surface area contributed by atoms with E-state index in [0.29, 0.717) is 12.4 Å². The van der Waals surface area contributed by atoms with Gasteiger partial charge in [-0.2, -0.15) is 0 Å². The van der Waals surface area contributed by atoms with Gasteiger partial charge in [0.2, 0.25) is 0 Å². The van der Waals surface area contributed by atoms with Gasteiger partial charge in [0.15, 0.2) is 0 Å². The Kier molecular flexibility index (Phi) is 5.32. The maximum Gasteiger partial charge on any atom is 0.320 e. The van der Waals surface area contributed by atoms with Gasteiger partial charge in [-0.1, -0.05) is 25.3 Å². The lowest BCUT2D eigenvalue weighted by Gasteiger charge is -2.37. The molecule has 0 saturated heterocycles. The molecule has 0 bridgehead atoms. The summed E-state index contributed by atoms with van der Waals surface area (Å²) in [5.74, 6) is -0.323. The lowest BCUT2D eigenvalue weighted by Crippen LogP contribution is -2.53. The molecular weight excluding hydrogens is 282 g/mol. The average molecular weight is 305 g/mol. The maximum absolute atomic E-state index is 12.0. The van der Waals surface area contributed by atoms with Crippen molar-refractivity contribution in [3.63, 3.8) is 0 Å². The van der Waals surface area contributed by atoms with Crippen LogP contribution in [0.3, 0.4) is 0 Å². The molecule has 1 aromatic heterocycles. The number of primary amides is 1. The van der Waals surface area contributed by atoms with Crippen LogP contribution in [0, 0.1) is 0 Å². The Hall–Kier alpha value is -2.15. The van der Waals surface area contributed by atoms with E-state index >= 15 is 0 Å². The van der Waals surface area contributed by atoms with Crippen molar-refractivity contribution in [2.45, 2.75) is 37.6 Å². The number of amides is 3. The van der Waals surface area contributed by atoms with Gasteiger partial charge in [-0.15, -0.1) is 0 Å². The molecule has 3 amide bonds. The fraction of sp³-hybridized carbons (Fsp3) is 0.533. The second-order valence-electron chi connectivity index (χ2n) is 5.67.